The van der Waals surface area contributed by atoms with E-state index in [0.29, 0.717) is 5.56 Å². The second kappa shape index (κ2) is 3.99. The lowest BCUT2D eigenvalue weighted by molar-refractivity contribution is 0.115. The highest BCUT2D eigenvalue weighted by Crippen LogP contribution is 2.51. The first kappa shape index (κ1) is 11.3. The van der Waals surface area contributed by atoms with Gasteiger partial charge in [0.25, 0.3) is 0 Å². The van der Waals surface area contributed by atoms with E-state index in [1.807, 2.05) is 0 Å². The average molecular weight is 229 g/mol. The third kappa shape index (κ3) is 1.66. The molecule has 0 radical (unpaired) electrons. The summed E-state index contributed by atoms with van der Waals surface area (Å²) in [5.41, 5.74) is 0.314. The molecule has 0 amide bonds. The average Bonchev–Trinajstić information content (AvgIpc) is 3.03. The van der Waals surface area contributed by atoms with E-state index in [0.717, 1.165) is 18.9 Å². The van der Waals surface area contributed by atoms with Crippen LogP contribution in [0.5, 0.6) is 5.75 Å². The molecule has 1 fully saturated rings. The number of halogens is 2. The number of benzene rings is 1. The van der Waals surface area contributed by atoms with Crippen LogP contribution in [0.25, 0.3) is 0 Å². The minimum Gasteiger partial charge on any atom is -0.493 e. The van der Waals surface area contributed by atoms with Crippen molar-refractivity contribution in [2.24, 2.45) is 5.90 Å². The summed E-state index contributed by atoms with van der Waals surface area (Å²) in [5.74, 6) is 3.13. The maximum atomic E-state index is 13.5. The lowest BCUT2D eigenvalue weighted by Gasteiger charge is -2.18. The highest BCUT2D eigenvalue weighted by Gasteiger charge is 2.47. The summed E-state index contributed by atoms with van der Waals surface area (Å²) in [6, 6.07) is 2.63. The summed E-state index contributed by atoms with van der Waals surface area (Å²) in [7, 11) is 1.32. The molecule has 16 heavy (non-hydrogen) atoms. The Kier molecular flexibility index (Phi) is 2.82. The molecule has 1 saturated carbocycles. The van der Waals surface area contributed by atoms with E-state index in [9.17, 15) is 8.78 Å². The summed E-state index contributed by atoms with van der Waals surface area (Å²) in [4.78, 5) is 4.62. The van der Waals surface area contributed by atoms with Crippen LogP contribution in [0.1, 0.15) is 18.4 Å². The molecule has 0 spiro atoms. The van der Waals surface area contributed by atoms with Crippen LogP contribution in [0.4, 0.5) is 8.78 Å². The highest BCUT2D eigenvalue weighted by molar-refractivity contribution is 5.44. The standard InChI is InChI=1S/C11H13F2NO2/c1-15-10-7(2-3-8(12)9(10)13)11(4-5-11)6-16-14/h2-3H,4-6,14H2,1H3. The van der Waals surface area contributed by atoms with Crippen molar-refractivity contribution in [1.82, 2.24) is 0 Å². The smallest absolute Gasteiger partial charge is 0.200 e. The number of ether oxygens (including phenoxy) is 1. The first-order chi connectivity index (χ1) is 7.64. The van der Waals surface area contributed by atoms with Crippen LogP contribution in [0, 0.1) is 11.6 Å². The van der Waals surface area contributed by atoms with Gasteiger partial charge in [0.1, 0.15) is 0 Å². The number of hydrogen-bond donors (Lipinski definition) is 1. The van der Waals surface area contributed by atoms with Crippen molar-refractivity contribution in [3.8, 4) is 5.75 Å². The molecule has 2 N–H and O–H groups in total. The normalized spacial score (nSPS) is 17.2. The molecule has 1 aliphatic rings. The van der Waals surface area contributed by atoms with Gasteiger partial charge < -0.3 is 9.57 Å². The summed E-state index contributed by atoms with van der Waals surface area (Å²) < 4.78 is 31.4. The van der Waals surface area contributed by atoms with Crippen LogP contribution >= 0.6 is 0 Å². The highest BCUT2D eigenvalue weighted by atomic mass is 19.2. The van der Waals surface area contributed by atoms with E-state index in [1.54, 1.807) is 0 Å². The van der Waals surface area contributed by atoms with E-state index in [4.69, 9.17) is 10.6 Å². The molecule has 0 atom stereocenters. The molecule has 1 aromatic rings. The first-order valence-corrected chi connectivity index (χ1v) is 4.99. The summed E-state index contributed by atoms with van der Waals surface area (Å²) in [5, 5.41) is 0. The zero-order valence-electron chi connectivity index (χ0n) is 8.93. The molecule has 2 rings (SSSR count). The van der Waals surface area contributed by atoms with E-state index >= 15 is 0 Å². The first-order valence-electron chi connectivity index (χ1n) is 4.99. The molecule has 0 saturated heterocycles. The van der Waals surface area contributed by atoms with Crippen molar-refractivity contribution in [2.45, 2.75) is 18.3 Å². The molecule has 88 valence electrons. The number of rotatable bonds is 4. The molecule has 0 aromatic heterocycles. The van der Waals surface area contributed by atoms with E-state index in [1.165, 1.54) is 13.2 Å². The molecule has 5 heteroatoms. The predicted molar refractivity (Wildman–Crippen MR) is 54.0 cm³/mol. The van der Waals surface area contributed by atoms with Crippen LogP contribution < -0.4 is 10.6 Å². The maximum Gasteiger partial charge on any atom is 0.200 e. The second-order valence-corrected chi connectivity index (χ2v) is 4.03. The topological polar surface area (TPSA) is 44.5 Å². The molecule has 0 aliphatic heterocycles. The quantitative estimate of drug-likeness (QED) is 0.802. The van der Waals surface area contributed by atoms with Gasteiger partial charge in [0.15, 0.2) is 11.6 Å². The molecular formula is C11H13F2NO2. The zero-order valence-corrected chi connectivity index (χ0v) is 8.93. The van der Waals surface area contributed by atoms with Gasteiger partial charge in [-0.1, -0.05) is 6.07 Å². The summed E-state index contributed by atoms with van der Waals surface area (Å²) in [6.07, 6.45) is 1.68. The Bertz CT molecular complexity index is 405. The Morgan fingerprint density at radius 3 is 2.56 bits per heavy atom. The van der Waals surface area contributed by atoms with Crippen molar-refractivity contribution in [1.29, 1.82) is 0 Å². The van der Waals surface area contributed by atoms with Gasteiger partial charge in [0.05, 0.1) is 13.7 Å². The number of nitrogens with two attached hydrogens (primary N) is 1. The molecule has 1 aromatic carbocycles. The third-order valence-corrected chi connectivity index (χ3v) is 3.04. The SMILES string of the molecule is COc1c(C2(CON)CC2)ccc(F)c1F. The van der Waals surface area contributed by atoms with Gasteiger partial charge in [-0.3, -0.25) is 0 Å². The van der Waals surface area contributed by atoms with Gasteiger partial charge in [0.2, 0.25) is 5.82 Å². The van der Waals surface area contributed by atoms with E-state index in [-0.39, 0.29) is 17.8 Å². The Morgan fingerprint density at radius 1 is 1.38 bits per heavy atom. The Labute approximate surface area is 92.1 Å². The van der Waals surface area contributed by atoms with Gasteiger partial charge in [0, 0.05) is 11.0 Å². The fourth-order valence-corrected chi connectivity index (χ4v) is 1.95. The van der Waals surface area contributed by atoms with Crippen LogP contribution in [0.15, 0.2) is 12.1 Å². The van der Waals surface area contributed by atoms with Crippen molar-refractivity contribution in [3.63, 3.8) is 0 Å². The van der Waals surface area contributed by atoms with Gasteiger partial charge in [-0.25, -0.2) is 10.3 Å². The minimum absolute atomic E-state index is 0.0467. The summed E-state index contributed by atoms with van der Waals surface area (Å²) >= 11 is 0. The Hall–Kier alpha value is -1.20. The van der Waals surface area contributed by atoms with E-state index < -0.39 is 11.6 Å². The van der Waals surface area contributed by atoms with Crippen molar-refractivity contribution >= 4 is 0 Å². The fourth-order valence-electron chi connectivity index (χ4n) is 1.95. The predicted octanol–water partition coefficient (Wildman–Crippen LogP) is 1.90. The Balaban J connectivity index is 2.45. The van der Waals surface area contributed by atoms with Gasteiger partial charge in [-0.05, 0) is 18.9 Å². The molecule has 0 bridgehead atoms. The van der Waals surface area contributed by atoms with Crippen LogP contribution in [0.3, 0.4) is 0 Å². The number of methoxy groups -OCH3 is 1. The van der Waals surface area contributed by atoms with Crippen molar-refractivity contribution < 1.29 is 18.4 Å². The van der Waals surface area contributed by atoms with Crippen LogP contribution in [-0.2, 0) is 10.3 Å². The lowest BCUT2D eigenvalue weighted by Crippen LogP contribution is -2.19. The van der Waals surface area contributed by atoms with Crippen LogP contribution in [0.2, 0.25) is 0 Å². The Morgan fingerprint density at radius 2 is 2.06 bits per heavy atom. The van der Waals surface area contributed by atoms with Gasteiger partial charge in [-0.2, -0.15) is 4.39 Å². The summed E-state index contributed by atoms with van der Waals surface area (Å²) in [6.45, 7) is 0.286. The molecular weight excluding hydrogens is 216 g/mol. The molecule has 1 aliphatic carbocycles. The molecule has 0 heterocycles. The van der Waals surface area contributed by atoms with Gasteiger partial charge >= 0.3 is 0 Å². The number of hydrogen-bond acceptors (Lipinski definition) is 3. The lowest BCUT2D eigenvalue weighted by atomic mass is 9.95. The third-order valence-electron chi connectivity index (χ3n) is 3.04. The fraction of sp³-hybridized carbons (Fsp3) is 0.455. The second-order valence-electron chi connectivity index (χ2n) is 4.03. The van der Waals surface area contributed by atoms with Crippen LogP contribution in [-0.4, -0.2) is 13.7 Å². The van der Waals surface area contributed by atoms with E-state index in [2.05, 4.69) is 4.84 Å². The monoisotopic (exact) mass is 229 g/mol. The molecule has 3 nitrogen and oxygen atoms in total. The zero-order chi connectivity index (χ0) is 11.8. The van der Waals surface area contributed by atoms with Crippen molar-refractivity contribution in [3.05, 3.63) is 29.3 Å². The van der Waals surface area contributed by atoms with Gasteiger partial charge in [-0.15, -0.1) is 0 Å². The minimum atomic E-state index is -0.955. The largest absolute Gasteiger partial charge is 0.493 e. The van der Waals surface area contributed by atoms with Crippen molar-refractivity contribution in [2.75, 3.05) is 13.7 Å². The maximum absolute atomic E-state index is 13.5. The molecule has 0 unspecified atom stereocenters.